The lowest BCUT2D eigenvalue weighted by Crippen LogP contribution is -2.37. The number of nitrogens with one attached hydrogen (secondary N) is 2. The Morgan fingerprint density at radius 3 is 2.35 bits per heavy atom. The third kappa shape index (κ3) is 6.98. The van der Waals surface area contributed by atoms with Gasteiger partial charge in [0.05, 0.1) is 25.5 Å². The molecule has 0 saturated carbocycles. The molecule has 0 heterocycles. The van der Waals surface area contributed by atoms with E-state index in [4.69, 9.17) is 25.8 Å². The molecule has 0 aliphatic carbocycles. The summed E-state index contributed by atoms with van der Waals surface area (Å²) in [5.74, 6) is -0.200. The third-order valence-electron chi connectivity index (χ3n) is 4.68. The Labute approximate surface area is 202 Å². The van der Waals surface area contributed by atoms with E-state index in [9.17, 15) is 9.59 Å². The molecule has 2 N–H and O–H groups in total. The van der Waals surface area contributed by atoms with Crippen LogP contribution in [-0.4, -0.2) is 32.2 Å². The number of hydrogen-bond acceptors (Lipinski definition) is 6. The summed E-state index contributed by atoms with van der Waals surface area (Å²) < 4.78 is 16.3. The van der Waals surface area contributed by atoms with E-state index in [2.05, 4.69) is 15.8 Å². The molecule has 0 fully saturated rings. The lowest BCUT2D eigenvalue weighted by molar-refractivity contribution is -0.139. The molecule has 8 nitrogen and oxygen atoms in total. The van der Waals surface area contributed by atoms with E-state index in [1.807, 2.05) is 30.3 Å². The van der Waals surface area contributed by atoms with Gasteiger partial charge in [0.25, 0.3) is 0 Å². The fourth-order valence-corrected chi connectivity index (χ4v) is 3.18. The minimum absolute atomic E-state index is 0.192. The van der Waals surface area contributed by atoms with Gasteiger partial charge in [-0.05, 0) is 41.0 Å². The van der Waals surface area contributed by atoms with E-state index in [0.717, 1.165) is 11.1 Å². The van der Waals surface area contributed by atoms with Crippen molar-refractivity contribution in [1.29, 1.82) is 0 Å². The summed E-state index contributed by atoms with van der Waals surface area (Å²) in [5, 5.41) is 6.67. The van der Waals surface area contributed by atoms with E-state index >= 15 is 0 Å². The van der Waals surface area contributed by atoms with Crippen molar-refractivity contribution < 1.29 is 23.8 Å². The summed E-state index contributed by atoms with van der Waals surface area (Å²) in [6.07, 6.45) is 1.35. The molecule has 34 heavy (non-hydrogen) atoms. The molecule has 0 saturated heterocycles. The van der Waals surface area contributed by atoms with Crippen LogP contribution in [0.25, 0.3) is 0 Å². The molecule has 3 aromatic rings. The minimum atomic E-state index is -0.898. The maximum atomic E-state index is 12.0. The van der Waals surface area contributed by atoms with Gasteiger partial charge in [-0.1, -0.05) is 54.1 Å². The quantitative estimate of drug-likeness (QED) is 0.276. The molecule has 0 radical (unpaired) electrons. The fraction of sp³-hybridized carbons (Fsp3) is 0.160. The number of halogens is 1. The topological polar surface area (TPSA) is 98.2 Å². The second kappa shape index (κ2) is 12.3. The summed E-state index contributed by atoms with van der Waals surface area (Å²) in [4.78, 5) is 24.0. The van der Waals surface area contributed by atoms with E-state index in [1.165, 1.54) is 13.3 Å². The Hall–Kier alpha value is -4.04. The SMILES string of the molecule is COc1ccc(CNC(=O)C(=O)N/N=C\c2cc(Cl)c(OCc3ccccc3)c(OC)c2)cc1. The minimum Gasteiger partial charge on any atom is -0.497 e. The number of nitrogens with zero attached hydrogens (tertiary/aromatic N) is 1. The number of hydrazone groups is 1. The molecule has 9 heteroatoms. The Kier molecular flexibility index (Phi) is 8.88. The number of hydrogen-bond donors (Lipinski definition) is 2. The van der Waals surface area contributed by atoms with E-state index < -0.39 is 11.8 Å². The van der Waals surface area contributed by atoms with Gasteiger partial charge in [-0.3, -0.25) is 9.59 Å². The first-order chi connectivity index (χ1) is 16.5. The van der Waals surface area contributed by atoms with Crippen molar-refractivity contribution in [3.8, 4) is 17.2 Å². The van der Waals surface area contributed by atoms with E-state index in [0.29, 0.717) is 34.4 Å². The molecule has 176 valence electrons. The number of carbonyl (C=O) groups is 2. The van der Waals surface area contributed by atoms with Crippen molar-refractivity contribution in [2.24, 2.45) is 5.10 Å². The maximum Gasteiger partial charge on any atom is 0.329 e. The van der Waals surface area contributed by atoms with Crippen LogP contribution in [0.2, 0.25) is 5.02 Å². The van der Waals surface area contributed by atoms with Crippen LogP contribution in [0.5, 0.6) is 17.2 Å². The summed E-state index contributed by atoms with van der Waals surface area (Å²) in [6.45, 7) is 0.517. The molecule has 3 rings (SSSR count). The smallest absolute Gasteiger partial charge is 0.329 e. The first kappa shape index (κ1) is 24.6. The van der Waals surface area contributed by atoms with Crippen molar-refractivity contribution in [2.45, 2.75) is 13.2 Å². The number of amides is 2. The number of methoxy groups -OCH3 is 2. The predicted octanol–water partition coefficient (Wildman–Crippen LogP) is 3.70. The van der Waals surface area contributed by atoms with Crippen molar-refractivity contribution in [3.05, 3.63) is 88.4 Å². The van der Waals surface area contributed by atoms with Gasteiger partial charge in [-0.25, -0.2) is 5.43 Å². The van der Waals surface area contributed by atoms with Crippen LogP contribution in [0.3, 0.4) is 0 Å². The highest BCUT2D eigenvalue weighted by Gasteiger charge is 2.14. The third-order valence-corrected chi connectivity index (χ3v) is 4.96. The lowest BCUT2D eigenvalue weighted by Gasteiger charge is -2.13. The molecule has 0 aliphatic rings. The first-order valence-electron chi connectivity index (χ1n) is 10.3. The molecule has 0 aliphatic heterocycles. The van der Waals surface area contributed by atoms with Crippen LogP contribution in [0.15, 0.2) is 71.8 Å². The van der Waals surface area contributed by atoms with Crippen molar-refractivity contribution in [2.75, 3.05) is 14.2 Å². The standard InChI is InChI=1S/C25H24ClN3O5/c1-32-20-10-8-17(9-11-20)14-27-24(30)25(31)29-28-15-19-12-21(26)23(22(13-19)33-2)34-16-18-6-4-3-5-7-18/h3-13,15H,14,16H2,1-2H3,(H,27,30)(H,29,31)/b28-15-. The Morgan fingerprint density at radius 2 is 1.68 bits per heavy atom. The van der Waals surface area contributed by atoms with E-state index in [1.54, 1.807) is 43.5 Å². The molecule has 0 spiro atoms. The zero-order valence-electron chi connectivity index (χ0n) is 18.7. The lowest BCUT2D eigenvalue weighted by atomic mass is 10.2. The largest absolute Gasteiger partial charge is 0.497 e. The van der Waals surface area contributed by atoms with Gasteiger partial charge in [0, 0.05) is 6.54 Å². The zero-order chi connectivity index (χ0) is 24.3. The fourth-order valence-electron chi connectivity index (χ4n) is 2.91. The number of ether oxygens (including phenoxy) is 3. The van der Waals surface area contributed by atoms with Gasteiger partial charge in [0.2, 0.25) is 0 Å². The zero-order valence-corrected chi connectivity index (χ0v) is 19.5. The molecule has 0 unspecified atom stereocenters. The van der Waals surface area contributed by atoms with Gasteiger partial charge < -0.3 is 19.5 Å². The Bertz CT molecular complexity index is 1150. The van der Waals surface area contributed by atoms with Crippen LogP contribution in [-0.2, 0) is 22.7 Å². The molecule has 0 atom stereocenters. The predicted molar refractivity (Wildman–Crippen MR) is 129 cm³/mol. The summed E-state index contributed by atoms with van der Waals surface area (Å²) in [7, 11) is 3.07. The molecule has 0 bridgehead atoms. The number of benzene rings is 3. The van der Waals surface area contributed by atoms with Crippen LogP contribution < -0.4 is 25.0 Å². The monoisotopic (exact) mass is 481 g/mol. The average molecular weight is 482 g/mol. The highest BCUT2D eigenvalue weighted by molar-refractivity contribution is 6.35. The highest BCUT2D eigenvalue weighted by Crippen LogP contribution is 2.36. The summed E-state index contributed by atoms with van der Waals surface area (Å²) >= 11 is 6.36. The Morgan fingerprint density at radius 1 is 0.941 bits per heavy atom. The number of rotatable bonds is 9. The van der Waals surface area contributed by atoms with Crippen molar-refractivity contribution in [1.82, 2.24) is 10.7 Å². The second-order valence-corrected chi connectivity index (χ2v) is 7.45. The number of carbonyl (C=O) groups excluding carboxylic acids is 2. The highest BCUT2D eigenvalue weighted by atomic mass is 35.5. The van der Waals surface area contributed by atoms with Crippen molar-refractivity contribution >= 4 is 29.6 Å². The van der Waals surface area contributed by atoms with Gasteiger partial charge in [0.15, 0.2) is 11.5 Å². The summed E-state index contributed by atoms with van der Waals surface area (Å²) in [6, 6.07) is 20.0. The second-order valence-electron chi connectivity index (χ2n) is 7.04. The van der Waals surface area contributed by atoms with Crippen LogP contribution >= 0.6 is 11.6 Å². The van der Waals surface area contributed by atoms with Crippen molar-refractivity contribution in [3.63, 3.8) is 0 Å². The molecular weight excluding hydrogens is 458 g/mol. The summed E-state index contributed by atoms with van der Waals surface area (Å²) in [5.41, 5.74) is 4.54. The average Bonchev–Trinajstić information content (AvgIpc) is 2.87. The van der Waals surface area contributed by atoms with Gasteiger partial charge in [-0.15, -0.1) is 0 Å². The van der Waals surface area contributed by atoms with Gasteiger partial charge in [-0.2, -0.15) is 5.10 Å². The first-order valence-corrected chi connectivity index (χ1v) is 10.7. The molecular formula is C25H24ClN3O5. The normalized spacial score (nSPS) is 10.6. The van der Waals surface area contributed by atoms with Crippen LogP contribution in [0.1, 0.15) is 16.7 Å². The van der Waals surface area contributed by atoms with E-state index in [-0.39, 0.29) is 6.54 Å². The molecule has 2 amide bonds. The molecule has 3 aromatic carbocycles. The van der Waals surface area contributed by atoms with Gasteiger partial charge in [0.1, 0.15) is 12.4 Å². The molecule has 0 aromatic heterocycles. The van der Waals surface area contributed by atoms with Crippen LogP contribution in [0.4, 0.5) is 0 Å². The Balaban J connectivity index is 1.54. The van der Waals surface area contributed by atoms with Crippen LogP contribution in [0, 0.1) is 0 Å². The maximum absolute atomic E-state index is 12.0. The van der Waals surface area contributed by atoms with Gasteiger partial charge >= 0.3 is 11.8 Å².